The number of aromatic amines is 1. The Labute approximate surface area is 139 Å². The van der Waals surface area contributed by atoms with Gasteiger partial charge in [-0.25, -0.2) is 4.39 Å². The lowest BCUT2D eigenvalue weighted by Crippen LogP contribution is -2.34. The standard InChI is InChI=1S/C18H21FN4O/c1-11-15-8-14(19)5-6-16(15)21-17(11)10-23-7-3-4-13(9-23)18-20-12(2)24-22-18/h5-6,8,13,21H,3-4,7,9-10H2,1-2H3. The molecule has 3 aromatic rings. The number of aromatic nitrogens is 3. The molecule has 0 aliphatic carbocycles. The van der Waals surface area contributed by atoms with Crippen LogP contribution in [0.25, 0.3) is 10.9 Å². The van der Waals surface area contributed by atoms with Gasteiger partial charge in [-0.15, -0.1) is 0 Å². The number of piperidine rings is 1. The number of benzene rings is 1. The summed E-state index contributed by atoms with van der Waals surface area (Å²) in [7, 11) is 0. The summed E-state index contributed by atoms with van der Waals surface area (Å²) in [5.41, 5.74) is 3.27. The molecule has 126 valence electrons. The third kappa shape index (κ3) is 2.82. The van der Waals surface area contributed by atoms with Crippen LogP contribution >= 0.6 is 0 Å². The average Bonchev–Trinajstić information content (AvgIpc) is 3.13. The monoisotopic (exact) mass is 328 g/mol. The van der Waals surface area contributed by atoms with Crippen LogP contribution in [0, 0.1) is 19.7 Å². The third-order valence-electron chi connectivity index (χ3n) is 4.92. The zero-order valence-electron chi connectivity index (χ0n) is 14.0. The van der Waals surface area contributed by atoms with E-state index in [4.69, 9.17) is 4.52 Å². The van der Waals surface area contributed by atoms with Crippen molar-refractivity contribution in [2.75, 3.05) is 13.1 Å². The van der Waals surface area contributed by atoms with E-state index in [1.165, 1.54) is 6.07 Å². The van der Waals surface area contributed by atoms with Crippen molar-refractivity contribution in [1.29, 1.82) is 0 Å². The maximum absolute atomic E-state index is 13.5. The van der Waals surface area contributed by atoms with Crippen LogP contribution in [0.4, 0.5) is 4.39 Å². The zero-order valence-corrected chi connectivity index (χ0v) is 14.0. The largest absolute Gasteiger partial charge is 0.357 e. The molecule has 1 unspecified atom stereocenters. The van der Waals surface area contributed by atoms with Crippen molar-refractivity contribution in [2.24, 2.45) is 0 Å². The van der Waals surface area contributed by atoms with Crippen molar-refractivity contribution in [3.05, 3.63) is 47.0 Å². The Morgan fingerprint density at radius 1 is 1.38 bits per heavy atom. The van der Waals surface area contributed by atoms with Crippen LogP contribution in [-0.2, 0) is 6.54 Å². The maximum Gasteiger partial charge on any atom is 0.223 e. The highest BCUT2D eigenvalue weighted by molar-refractivity contribution is 5.84. The third-order valence-corrected chi connectivity index (χ3v) is 4.92. The van der Waals surface area contributed by atoms with Crippen molar-refractivity contribution in [2.45, 2.75) is 39.2 Å². The van der Waals surface area contributed by atoms with Crippen molar-refractivity contribution in [1.82, 2.24) is 20.0 Å². The molecule has 6 heteroatoms. The van der Waals surface area contributed by atoms with Crippen molar-refractivity contribution in [3.8, 4) is 0 Å². The molecular formula is C18H21FN4O. The first kappa shape index (κ1) is 15.3. The number of aryl methyl sites for hydroxylation is 2. The van der Waals surface area contributed by atoms with E-state index in [1.54, 1.807) is 6.07 Å². The quantitative estimate of drug-likeness (QED) is 0.797. The van der Waals surface area contributed by atoms with Crippen LogP contribution in [0.5, 0.6) is 0 Å². The van der Waals surface area contributed by atoms with Crippen LogP contribution in [0.1, 0.15) is 41.7 Å². The summed E-state index contributed by atoms with van der Waals surface area (Å²) in [6.07, 6.45) is 2.21. The summed E-state index contributed by atoms with van der Waals surface area (Å²) in [4.78, 5) is 10.2. The van der Waals surface area contributed by atoms with E-state index in [0.717, 1.165) is 60.5 Å². The van der Waals surface area contributed by atoms with Crippen molar-refractivity contribution in [3.63, 3.8) is 0 Å². The Balaban J connectivity index is 1.53. The minimum atomic E-state index is -0.193. The molecule has 24 heavy (non-hydrogen) atoms. The van der Waals surface area contributed by atoms with E-state index in [2.05, 4.69) is 26.9 Å². The van der Waals surface area contributed by atoms with Gasteiger partial charge in [0.05, 0.1) is 0 Å². The molecule has 1 atom stereocenters. The molecule has 0 saturated carbocycles. The Kier molecular flexibility index (Phi) is 3.84. The molecule has 1 aromatic carbocycles. The Morgan fingerprint density at radius 2 is 2.25 bits per heavy atom. The minimum Gasteiger partial charge on any atom is -0.357 e. The van der Waals surface area contributed by atoms with E-state index in [9.17, 15) is 4.39 Å². The average molecular weight is 328 g/mol. The first-order valence-corrected chi connectivity index (χ1v) is 8.39. The number of hydrogen-bond acceptors (Lipinski definition) is 4. The van der Waals surface area contributed by atoms with Gasteiger partial charge in [-0.1, -0.05) is 5.16 Å². The summed E-state index contributed by atoms with van der Waals surface area (Å²) in [5.74, 6) is 1.56. The molecule has 1 fully saturated rings. The van der Waals surface area contributed by atoms with E-state index < -0.39 is 0 Å². The maximum atomic E-state index is 13.5. The molecule has 2 aromatic heterocycles. The summed E-state index contributed by atoms with van der Waals surface area (Å²) in [6.45, 7) is 6.68. The van der Waals surface area contributed by atoms with Gasteiger partial charge in [0.25, 0.3) is 0 Å². The number of fused-ring (bicyclic) bond motifs is 1. The smallest absolute Gasteiger partial charge is 0.223 e. The number of H-pyrrole nitrogens is 1. The van der Waals surface area contributed by atoms with E-state index in [0.29, 0.717) is 11.8 Å². The van der Waals surface area contributed by atoms with Crippen LogP contribution < -0.4 is 0 Å². The number of nitrogens with zero attached hydrogens (tertiary/aromatic N) is 3. The molecule has 1 aliphatic rings. The molecule has 5 nitrogen and oxygen atoms in total. The molecular weight excluding hydrogens is 307 g/mol. The summed E-state index contributed by atoms with van der Waals surface area (Å²) in [5, 5.41) is 5.05. The fraction of sp³-hybridized carbons (Fsp3) is 0.444. The Morgan fingerprint density at radius 3 is 3.04 bits per heavy atom. The van der Waals surface area contributed by atoms with Gasteiger partial charge in [0.15, 0.2) is 5.82 Å². The second-order valence-electron chi connectivity index (χ2n) is 6.66. The molecule has 1 saturated heterocycles. The minimum absolute atomic E-state index is 0.193. The number of hydrogen-bond donors (Lipinski definition) is 1. The second kappa shape index (κ2) is 6.02. The van der Waals surface area contributed by atoms with E-state index in [1.807, 2.05) is 13.0 Å². The van der Waals surface area contributed by atoms with Gasteiger partial charge >= 0.3 is 0 Å². The molecule has 4 rings (SSSR count). The molecule has 0 bridgehead atoms. The number of rotatable bonds is 3. The molecule has 0 amide bonds. The summed E-state index contributed by atoms with van der Waals surface area (Å²) < 4.78 is 18.6. The summed E-state index contributed by atoms with van der Waals surface area (Å²) in [6, 6.07) is 4.91. The second-order valence-corrected chi connectivity index (χ2v) is 6.66. The SMILES string of the molecule is Cc1nc(C2CCCN(Cc3[nH]c4ccc(F)cc4c3C)C2)no1. The van der Waals surface area contributed by atoms with Crippen molar-refractivity contribution >= 4 is 10.9 Å². The Bertz CT molecular complexity index is 869. The van der Waals surface area contributed by atoms with Gasteiger partial charge in [-0.3, -0.25) is 4.90 Å². The van der Waals surface area contributed by atoms with Gasteiger partial charge in [-0.05, 0) is 50.1 Å². The topological polar surface area (TPSA) is 58.0 Å². The summed E-state index contributed by atoms with van der Waals surface area (Å²) >= 11 is 0. The zero-order chi connectivity index (χ0) is 16.7. The molecule has 0 spiro atoms. The lowest BCUT2D eigenvalue weighted by atomic mass is 9.97. The highest BCUT2D eigenvalue weighted by atomic mass is 19.1. The van der Waals surface area contributed by atoms with Crippen molar-refractivity contribution < 1.29 is 8.91 Å². The van der Waals surface area contributed by atoms with E-state index >= 15 is 0 Å². The number of nitrogens with one attached hydrogen (secondary N) is 1. The van der Waals surface area contributed by atoms with Crippen LogP contribution in [0.2, 0.25) is 0 Å². The number of likely N-dealkylation sites (tertiary alicyclic amines) is 1. The van der Waals surface area contributed by atoms with Gasteiger partial charge < -0.3 is 9.51 Å². The molecule has 0 radical (unpaired) electrons. The van der Waals surface area contributed by atoms with Gasteiger partial charge in [0.2, 0.25) is 5.89 Å². The Hall–Kier alpha value is -2.21. The highest BCUT2D eigenvalue weighted by Crippen LogP contribution is 2.28. The molecule has 3 heterocycles. The molecule has 1 aliphatic heterocycles. The fourth-order valence-electron chi connectivity index (χ4n) is 3.63. The predicted molar refractivity (Wildman–Crippen MR) is 89.3 cm³/mol. The van der Waals surface area contributed by atoms with Crippen LogP contribution in [0.3, 0.4) is 0 Å². The predicted octanol–water partition coefficient (Wildman–Crippen LogP) is 3.69. The first-order chi connectivity index (χ1) is 11.6. The number of halogens is 1. The van der Waals surface area contributed by atoms with Gasteiger partial charge in [0.1, 0.15) is 5.82 Å². The lowest BCUT2D eigenvalue weighted by Gasteiger charge is -2.31. The fourth-order valence-corrected chi connectivity index (χ4v) is 3.63. The normalized spacial score (nSPS) is 19.2. The first-order valence-electron chi connectivity index (χ1n) is 8.39. The highest BCUT2D eigenvalue weighted by Gasteiger charge is 2.25. The van der Waals surface area contributed by atoms with Gasteiger partial charge in [0, 0.05) is 42.5 Å². The van der Waals surface area contributed by atoms with Gasteiger partial charge in [-0.2, -0.15) is 4.98 Å². The lowest BCUT2D eigenvalue weighted by molar-refractivity contribution is 0.193. The van der Waals surface area contributed by atoms with Crippen LogP contribution in [-0.4, -0.2) is 33.1 Å². The van der Waals surface area contributed by atoms with Crippen LogP contribution in [0.15, 0.2) is 22.7 Å². The molecule has 1 N–H and O–H groups in total. The van der Waals surface area contributed by atoms with E-state index in [-0.39, 0.29) is 5.82 Å².